The lowest BCUT2D eigenvalue weighted by molar-refractivity contribution is -0.140. The van der Waals surface area contributed by atoms with Gasteiger partial charge in [0.15, 0.2) is 0 Å². The maximum absolute atomic E-state index is 10.6. The van der Waals surface area contributed by atoms with E-state index in [0.29, 0.717) is 23.3 Å². The molecule has 0 unspecified atom stereocenters. The molecule has 0 saturated carbocycles. The second-order valence-electron chi connectivity index (χ2n) is 6.32. The molecule has 4 N–H and O–H groups in total. The van der Waals surface area contributed by atoms with E-state index in [1.165, 1.54) is 13.0 Å². The van der Waals surface area contributed by atoms with Crippen molar-refractivity contribution >= 4 is 30.0 Å². The third-order valence-electron chi connectivity index (χ3n) is 2.59. The first-order chi connectivity index (χ1) is 16.2. The molecule has 0 fully saturated rings. The minimum atomic E-state index is -0.935. The van der Waals surface area contributed by atoms with Crippen LogP contribution >= 0.6 is 0 Å². The molecule has 0 aromatic rings. The number of rotatable bonds is 11. The summed E-state index contributed by atoms with van der Waals surface area (Å²) in [5.74, 6) is -2.23. The van der Waals surface area contributed by atoms with Crippen LogP contribution in [0.1, 0.15) is 27.7 Å². The number of aliphatic carboxylic acids is 1. The van der Waals surface area contributed by atoms with Gasteiger partial charge in [-0.1, -0.05) is 26.3 Å². The Labute approximate surface area is 205 Å². The van der Waals surface area contributed by atoms with Crippen molar-refractivity contribution in [2.75, 3.05) is 39.5 Å². The van der Waals surface area contributed by atoms with Crippen molar-refractivity contribution in [3.05, 3.63) is 48.6 Å². The van der Waals surface area contributed by atoms with E-state index in [1.54, 1.807) is 20.8 Å². The van der Waals surface area contributed by atoms with E-state index < -0.39 is 17.9 Å². The van der Waals surface area contributed by atoms with Crippen molar-refractivity contribution in [1.82, 2.24) is 0 Å². The van der Waals surface area contributed by atoms with E-state index in [4.69, 9.17) is 15.9 Å². The van der Waals surface area contributed by atoms with Gasteiger partial charge in [-0.2, -0.15) is 0 Å². The first-order valence-electron chi connectivity index (χ1n) is 9.90. The van der Waals surface area contributed by atoms with E-state index in [-0.39, 0.29) is 44.5 Å². The molecule has 0 amide bonds. The van der Waals surface area contributed by atoms with E-state index >= 15 is 0 Å². The number of carbonyl (C=O) groups excluding carboxylic acids is 4. The standard InChI is InChI=1S/C7H9NO3.C6H11NO2.C6H10O3.C4H6O2/c1-6(2)7(10)11-4-3-8-5-9;2*1-5(2)6(8)9-4-3-7;1-3(2)4(5)6/h1,3-4H2,2H3;1,3-4,7H2,2H3;7H,1,3-4H2,2H3;1H2,2H3,(H,5,6). The molecule has 0 aliphatic rings. The van der Waals surface area contributed by atoms with E-state index in [9.17, 15) is 24.0 Å². The second-order valence-corrected chi connectivity index (χ2v) is 6.32. The molecular weight excluding hydrogens is 464 g/mol. The molecule has 0 aromatic carbocycles. The van der Waals surface area contributed by atoms with Crippen LogP contribution < -0.4 is 5.73 Å². The zero-order chi connectivity index (χ0) is 28.4. The number of aliphatic hydroxyl groups is 1. The van der Waals surface area contributed by atoms with Gasteiger partial charge in [0.1, 0.15) is 19.8 Å². The predicted octanol–water partition coefficient (Wildman–Crippen LogP) is 1.25. The van der Waals surface area contributed by atoms with Crippen LogP contribution in [0.3, 0.4) is 0 Å². The third kappa shape index (κ3) is 34.9. The quantitative estimate of drug-likeness (QED) is 0.0923. The highest BCUT2D eigenvalue weighted by molar-refractivity contribution is 5.87. The number of hydrogen-bond acceptors (Lipinski definition) is 11. The third-order valence-corrected chi connectivity index (χ3v) is 2.59. The van der Waals surface area contributed by atoms with Crippen LogP contribution in [0.25, 0.3) is 0 Å². The SMILES string of the molecule is C=C(C)C(=O)O.C=C(C)C(=O)OCCN.C=C(C)C(=O)OCCN=C=O.C=C(C)C(=O)OCCO. The van der Waals surface area contributed by atoms with Crippen LogP contribution in [0.15, 0.2) is 53.6 Å². The first kappa shape index (κ1) is 38.4. The number of ether oxygens (including phenoxy) is 3. The Balaban J connectivity index is -0.000000187. The lowest BCUT2D eigenvalue weighted by atomic mass is 10.4. The molecule has 0 aliphatic carbocycles. The number of nitrogens with two attached hydrogens (primary N) is 1. The van der Waals surface area contributed by atoms with Gasteiger partial charge in [-0.3, -0.25) is 0 Å². The molecule has 0 heterocycles. The summed E-state index contributed by atoms with van der Waals surface area (Å²) in [5.41, 5.74) is 6.34. The molecule has 12 heteroatoms. The van der Waals surface area contributed by atoms with Gasteiger partial charge < -0.3 is 30.2 Å². The Hall–Kier alpha value is -3.86. The van der Waals surface area contributed by atoms with Gasteiger partial charge in [0.05, 0.1) is 13.2 Å². The average Bonchev–Trinajstić information content (AvgIpc) is 2.79. The van der Waals surface area contributed by atoms with Crippen molar-refractivity contribution in [2.45, 2.75) is 27.7 Å². The topological polar surface area (TPSA) is 192 Å². The minimum absolute atomic E-state index is 0.0473. The van der Waals surface area contributed by atoms with E-state index in [2.05, 4.69) is 45.5 Å². The number of aliphatic imine (C=N–C) groups is 1. The fourth-order valence-corrected chi connectivity index (χ4v) is 0.889. The Morgan fingerprint density at radius 3 is 1.37 bits per heavy atom. The summed E-state index contributed by atoms with van der Waals surface area (Å²) >= 11 is 0. The highest BCUT2D eigenvalue weighted by Crippen LogP contribution is 1.91. The van der Waals surface area contributed by atoms with Gasteiger partial charge in [0.25, 0.3) is 0 Å². The lowest BCUT2D eigenvalue weighted by Gasteiger charge is -1.99. The van der Waals surface area contributed by atoms with Crippen LogP contribution in [0, 0.1) is 0 Å². The molecule has 0 rings (SSSR count). The molecule has 0 aromatic heterocycles. The molecule has 0 bridgehead atoms. The van der Waals surface area contributed by atoms with Crippen molar-refractivity contribution in [1.29, 1.82) is 0 Å². The molecular formula is C23H36N2O10. The van der Waals surface area contributed by atoms with E-state index in [1.807, 2.05) is 0 Å². The molecule has 0 saturated heterocycles. The van der Waals surface area contributed by atoms with Crippen molar-refractivity contribution in [3.63, 3.8) is 0 Å². The highest BCUT2D eigenvalue weighted by Gasteiger charge is 2.01. The number of hydrogen-bond donors (Lipinski definition) is 3. The van der Waals surface area contributed by atoms with Crippen LogP contribution in [-0.2, 0) is 38.2 Å². The molecule has 35 heavy (non-hydrogen) atoms. The zero-order valence-electron chi connectivity index (χ0n) is 20.8. The summed E-state index contributed by atoms with van der Waals surface area (Å²) in [6.45, 7) is 20.2. The van der Waals surface area contributed by atoms with Gasteiger partial charge in [-0.15, -0.1) is 0 Å². The Morgan fingerprint density at radius 1 is 0.771 bits per heavy atom. The van der Waals surface area contributed by atoms with Crippen LogP contribution in [-0.4, -0.2) is 79.7 Å². The summed E-state index contributed by atoms with van der Waals surface area (Å²) in [7, 11) is 0. The molecule has 0 atom stereocenters. The Morgan fingerprint density at radius 2 is 1.11 bits per heavy atom. The maximum atomic E-state index is 10.6. The molecule has 0 spiro atoms. The fraction of sp³-hybridized carbons (Fsp3) is 0.435. The minimum Gasteiger partial charge on any atom is -0.478 e. The highest BCUT2D eigenvalue weighted by atomic mass is 16.5. The monoisotopic (exact) mass is 500 g/mol. The van der Waals surface area contributed by atoms with Gasteiger partial charge in [0, 0.05) is 28.8 Å². The zero-order valence-corrected chi connectivity index (χ0v) is 20.8. The van der Waals surface area contributed by atoms with Gasteiger partial charge in [-0.05, 0) is 27.7 Å². The Kier molecular flexibility index (Phi) is 29.0. The number of aliphatic hydroxyl groups excluding tert-OH is 1. The number of nitrogens with zero attached hydrogens (tertiary/aromatic N) is 1. The summed E-state index contributed by atoms with van der Waals surface area (Å²) in [6, 6.07) is 0. The predicted molar refractivity (Wildman–Crippen MR) is 129 cm³/mol. The average molecular weight is 501 g/mol. The molecule has 12 nitrogen and oxygen atoms in total. The number of isocyanates is 1. The number of carboxylic acid groups (broad SMARTS) is 1. The number of carboxylic acids is 1. The first-order valence-corrected chi connectivity index (χ1v) is 9.90. The number of carbonyl (C=O) groups is 4. The van der Waals surface area contributed by atoms with Crippen LogP contribution in [0.2, 0.25) is 0 Å². The largest absolute Gasteiger partial charge is 0.478 e. The smallest absolute Gasteiger partial charge is 0.333 e. The van der Waals surface area contributed by atoms with Crippen molar-refractivity contribution in [2.24, 2.45) is 10.7 Å². The van der Waals surface area contributed by atoms with Crippen molar-refractivity contribution in [3.8, 4) is 0 Å². The van der Waals surface area contributed by atoms with Gasteiger partial charge in [-0.25, -0.2) is 29.0 Å². The molecule has 198 valence electrons. The summed E-state index contributed by atoms with van der Waals surface area (Å²) in [6.07, 6.45) is 1.33. The Bertz CT molecular complexity index is 739. The summed E-state index contributed by atoms with van der Waals surface area (Å²) in [4.78, 5) is 54.0. The fourth-order valence-electron chi connectivity index (χ4n) is 0.889. The summed E-state index contributed by atoms with van der Waals surface area (Å²) in [5, 5.41) is 16.1. The molecule has 0 aliphatic heterocycles. The van der Waals surface area contributed by atoms with Crippen LogP contribution in [0.4, 0.5) is 0 Å². The van der Waals surface area contributed by atoms with Gasteiger partial charge in [0.2, 0.25) is 6.08 Å². The summed E-state index contributed by atoms with van der Waals surface area (Å²) < 4.78 is 13.6. The van der Waals surface area contributed by atoms with Crippen molar-refractivity contribution < 1.29 is 48.4 Å². The van der Waals surface area contributed by atoms with Crippen LogP contribution in [0.5, 0.6) is 0 Å². The number of esters is 3. The normalized spacial score (nSPS) is 8.29. The van der Waals surface area contributed by atoms with Gasteiger partial charge >= 0.3 is 23.9 Å². The van der Waals surface area contributed by atoms with E-state index in [0.717, 1.165) is 0 Å². The lowest BCUT2D eigenvalue weighted by Crippen LogP contribution is -2.13. The molecule has 0 radical (unpaired) electrons. The second kappa shape index (κ2) is 26.4. The maximum Gasteiger partial charge on any atom is 0.333 e.